The largest absolute Gasteiger partial charge is 0.351 e. The summed E-state index contributed by atoms with van der Waals surface area (Å²) in [4.78, 5) is 11.6. The van der Waals surface area contributed by atoms with Crippen LogP contribution in [0.4, 0.5) is 0 Å². The topological polar surface area (TPSA) is 41.1 Å². The van der Waals surface area contributed by atoms with Crippen LogP contribution >= 0.6 is 11.8 Å². The average molecular weight is 294 g/mol. The fraction of sp³-hybridized carbons (Fsp3) is 0.562. The van der Waals surface area contributed by atoms with Crippen molar-refractivity contribution in [2.24, 2.45) is 0 Å². The summed E-state index contributed by atoms with van der Waals surface area (Å²) in [7, 11) is 0. The van der Waals surface area contributed by atoms with Crippen LogP contribution in [0.2, 0.25) is 0 Å². The highest BCUT2D eigenvalue weighted by atomic mass is 32.2. The third-order valence-electron chi connectivity index (χ3n) is 3.07. The number of amides is 1. The second-order valence-corrected chi connectivity index (χ2v) is 5.83. The van der Waals surface area contributed by atoms with Gasteiger partial charge in [-0.1, -0.05) is 43.2 Å². The van der Waals surface area contributed by atoms with Crippen LogP contribution in [0.3, 0.4) is 0 Å². The van der Waals surface area contributed by atoms with E-state index >= 15 is 0 Å². The van der Waals surface area contributed by atoms with Crippen molar-refractivity contribution in [2.45, 2.75) is 32.2 Å². The Morgan fingerprint density at radius 1 is 1.10 bits per heavy atom. The Morgan fingerprint density at radius 2 is 1.85 bits per heavy atom. The number of carbonyl (C=O) groups is 1. The summed E-state index contributed by atoms with van der Waals surface area (Å²) < 4.78 is 0. The number of carbonyl (C=O) groups excluding carboxylic acids is 1. The van der Waals surface area contributed by atoms with Crippen molar-refractivity contribution in [1.82, 2.24) is 10.6 Å². The molecule has 0 aliphatic heterocycles. The van der Waals surface area contributed by atoms with Gasteiger partial charge in [-0.2, -0.15) is 11.8 Å². The number of thioether (sulfide) groups is 1. The van der Waals surface area contributed by atoms with Gasteiger partial charge in [0, 0.05) is 6.54 Å². The second kappa shape index (κ2) is 11.8. The Bertz CT molecular complexity index is 357. The molecule has 112 valence electrons. The minimum Gasteiger partial charge on any atom is -0.351 e. The van der Waals surface area contributed by atoms with Gasteiger partial charge in [0.05, 0.1) is 6.54 Å². The molecule has 0 heterocycles. The van der Waals surface area contributed by atoms with Gasteiger partial charge in [0.1, 0.15) is 0 Å². The van der Waals surface area contributed by atoms with Crippen LogP contribution in [0.15, 0.2) is 30.3 Å². The molecular weight excluding hydrogens is 268 g/mol. The first-order chi connectivity index (χ1) is 9.83. The molecule has 0 aliphatic rings. The zero-order valence-corrected chi connectivity index (χ0v) is 13.2. The molecule has 1 rings (SSSR count). The van der Waals surface area contributed by atoms with E-state index in [1.54, 1.807) is 0 Å². The predicted molar refractivity (Wildman–Crippen MR) is 88.0 cm³/mol. The van der Waals surface area contributed by atoms with E-state index < -0.39 is 0 Å². The van der Waals surface area contributed by atoms with Crippen LogP contribution in [-0.2, 0) is 11.3 Å². The van der Waals surface area contributed by atoms with E-state index in [1.165, 1.54) is 25.0 Å². The van der Waals surface area contributed by atoms with Crippen LogP contribution < -0.4 is 10.6 Å². The zero-order chi connectivity index (χ0) is 14.5. The fourth-order valence-corrected chi connectivity index (χ4v) is 2.40. The molecule has 3 nitrogen and oxygen atoms in total. The molecule has 0 unspecified atom stereocenters. The Morgan fingerprint density at radius 3 is 2.60 bits per heavy atom. The molecule has 0 aromatic heterocycles. The van der Waals surface area contributed by atoms with Gasteiger partial charge in [-0.3, -0.25) is 4.79 Å². The number of hydrogen-bond donors (Lipinski definition) is 2. The van der Waals surface area contributed by atoms with Gasteiger partial charge < -0.3 is 10.6 Å². The first-order valence-corrected chi connectivity index (χ1v) is 8.72. The molecule has 0 fully saturated rings. The van der Waals surface area contributed by atoms with Crippen LogP contribution in [0.1, 0.15) is 31.2 Å². The number of nitrogens with one attached hydrogen (secondary N) is 2. The van der Waals surface area contributed by atoms with E-state index in [4.69, 9.17) is 0 Å². The van der Waals surface area contributed by atoms with E-state index in [0.29, 0.717) is 13.1 Å². The summed E-state index contributed by atoms with van der Waals surface area (Å²) >= 11 is 1.91. The van der Waals surface area contributed by atoms with Gasteiger partial charge in [0.2, 0.25) is 5.91 Å². The molecular formula is C16H26N2OS. The van der Waals surface area contributed by atoms with Gasteiger partial charge in [-0.15, -0.1) is 0 Å². The summed E-state index contributed by atoms with van der Waals surface area (Å²) in [6, 6.07) is 9.98. The van der Waals surface area contributed by atoms with Crippen LogP contribution in [0, 0.1) is 0 Å². The van der Waals surface area contributed by atoms with Crippen molar-refractivity contribution in [3.05, 3.63) is 35.9 Å². The van der Waals surface area contributed by atoms with Crippen molar-refractivity contribution >= 4 is 17.7 Å². The zero-order valence-electron chi connectivity index (χ0n) is 12.4. The lowest BCUT2D eigenvalue weighted by atomic mass is 10.2. The lowest BCUT2D eigenvalue weighted by molar-refractivity contribution is -0.120. The van der Waals surface area contributed by atoms with Crippen LogP contribution in [0.25, 0.3) is 0 Å². The molecule has 0 bridgehead atoms. The van der Waals surface area contributed by atoms with Gasteiger partial charge in [0.15, 0.2) is 0 Å². The third-order valence-corrected chi connectivity index (χ3v) is 3.77. The maximum Gasteiger partial charge on any atom is 0.234 e. The first kappa shape index (κ1) is 17.1. The van der Waals surface area contributed by atoms with E-state index in [2.05, 4.69) is 16.9 Å². The fourth-order valence-electron chi connectivity index (χ4n) is 1.91. The number of benzene rings is 1. The quantitative estimate of drug-likeness (QED) is 0.617. The molecule has 0 radical (unpaired) electrons. The van der Waals surface area contributed by atoms with Crippen LogP contribution in [0.5, 0.6) is 0 Å². The van der Waals surface area contributed by atoms with Crippen molar-refractivity contribution in [3.63, 3.8) is 0 Å². The molecule has 1 aromatic carbocycles. The highest BCUT2D eigenvalue weighted by Crippen LogP contribution is 2.03. The Balaban J connectivity index is 1.93. The Hall–Kier alpha value is -1.00. The Kier molecular flexibility index (Phi) is 10.1. The summed E-state index contributed by atoms with van der Waals surface area (Å²) in [5, 5.41) is 6.11. The van der Waals surface area contributed by atoms with Crippen molar-refractivity contribution < 1.29 is 4.79 Å². The molecule has 0 saturated heterocycles. The van der Waals surface area contributed by atoms with Gasteiger partial charge in [-0.05, 0) is 37.0 Å². The van der Waals surface area contributed by atoms with Gasteiger partial charge in [-0.25, -0.2) is 0 Å². The van der Waals surface area contributed by atoms with E-state index in [1.807, 2.05) is 42.1 Å². The van der Waals surface area contributed by atoms with Crippen molar-refractivity contribution in [3.8, 4) is 0 Å². The normalized spacial score (nSPS) is 10.4. The average Bonchev–Trinajstić information content (AvgIpc) is 2.49. The third kappa shape index (κ3) is 8.99. The minimum absolute atomic E-state index is 0.0660. The van der Waals surface area contributed by atoms with E-state index in [9.17, 15) is 4.79 Å². The van der Waals surface area contributed by atoms with E-state index in [-0.39, 0.29) is 5.91 Å². The summed E-state index contributed by atoms with van der Waals surface area (Å²) in [6.45, 7) is 1.95. The molecule has 2 N–H and O–H groups in total. The number of rotatable bonds is 11. The van der Waals surface area contributed by atoms with Gasteiger partial charge in [0.25, 0.3) is 0 Å². The van der Waals surface area contributed by atoms with Crippen molar-refractivity contribution in [2.75, 3.05) is 25.1 Å². The van der Waals surface area contributed by atoms with Crippen LogP contribution in [-0.4, -0.2) is 31.0 Å². The summed E-state index contributed by atoms with van der Waals surface area (Å²) in [6.07, 6.45) is 7.15. The lowest BCUT2D eigenvalue weighted by Crippen LogP contribution is -2.33. The Labute approximate surface area is 126 Å². The monoisotopic (exact) mass is 294 g/mol. The predicted octanol–water partition coefficient (Wildman–Crippen LogP) is 2.82. The highest BCUT2D eigenvalue weighted by molar-refractivity contribution is 7.98. The lowest BCUT2D eigenvalue weighted by Gasteiger charge is -2.07. The summed E-state index contributed by atoms with van der Waals surface area (Å²) in [5.41, 5.74) is 1.13. The SMILES string of the molecule is CSCCCCCCNCC(=O)NCc1ccccc1. The number of unbranched alkanes of at least 4 members (excludes halogenated alkanes) is 3. The molecule has 0 spiro atoms. The van der Waals surface area contributed by atoms with E-state index in [0.717, 1.165) is 18.5 Å². The highest BCUT2D eigenvalue weighted by Gasteiger charge is 2.00. The van der Waals surface area contributed by atoms with Gasteiger partial charge >= 0.3 is 0 Å². The second-order valence-electron chi connectivity index (χ2n) is 4.85. The first-order valence-electron chi connectivity index (χ1n) is 7.33. The molecule has 20 heavy (non-hydrogen) atoms. The molecule has 0 aliphatic carbocycles. The minimum atomic E-state index is 0.0660. The molecule has 0 saturated carbocycles. The maximum atomic E-state index is 11.6. The molecule has 4 heteroatoms. The van der Waals surface area contributed by atoms with Crippen molar-refractivity contribution in [1.29, 1.82) is 0 Å². The molecule has 1 aromatic rings. The smallest absolute Gasteiger partial charge is 0.234 e. The summed E-state index contributed by atoms with van der Waals surface area (Å²) in [5.74, 6) is 1.33. The maximum absolute atomic E-state index is 11.6. The molecule has 0 atom stereocenters. The molecule has 1 amide bonds. The number of hydrogen-bond acceptors (Lipinski definition) is 3. The standard InChI is InChI=1S/C16H26N2OS/c1-20-12-8-3-2-7-11-17-14-16(19)18-13-15-9-5-4-6-10-15/h4-6,9-10,17H,2-3,7-8,11-14H2,1H3,(H,18,19).